The molecule has 1 saturated carbocycles. The molecule has 0 bridgehead atoms. The zero-order valence-electron chi connectivity index (χ0n) is 15.4. The van der Waals surface area contributed by atoms with Crippen LogP contribution in [0.4, 0.5) is 5.82 Å². The van der Waals surface area contributed by atoms with Crippen LogP contribution in [0, 0.1) is 11.8 Å². The van der Waals surface area contributed by atoms with E-state index in [0.29, 0.717) is 30.8 Å². The topological polar surface area (TPSA) is 84.2 Å². The fourth-order valence-corrected chi connectivity index (χ4v) is 5.97. The highest BCUT2D eigenvalue weighted by Gasteiger charge is 2.45. The molecular weight excluding hydrogens is 364 g/mol. The minimum Gasteiger partial charge on any atom is -0.356 e. The van der Waals surface area contributed by atoms with Crippen LogP contribution < -0.4 is 4.90 Å². The third-order valence-electron chi connectivity index (χ3n) is 6.26. The lowest BCUT2D eigenvalue weighted by Crippen LogP contribution is -2.33. The number of aromatic nitrogens is 4. The van der Waals surface area contributed by atoms with Gasteiger partial charge in [0.25, 0.3) is 10.0 Å². The van der Waals surface area contributed by atoms with Crippen molar-refractivity contribution in [2.45, 2.75) is 30.2 Å². The van der Waals surface area contributed by atoms with Crippen molar-refractivity contribution < 1.29 is 8.42 Å². The van der Waals surface area contributed by atoms with Gasteiger partial charge in [-0.25, -0.2) is 23.4 Å². The Balaban J connectivity index is 1.28. The average Bonchev–Trinajstić information content (AvgIpc) is 3.27. The number of nitrogens with zero attached hydrogens (tertiary/aromatic N) is 6. The maximum absolute atomic E-state index is 12.8. The second-order valence-electron chi connectivity index (χ2n) is 8.05. The molecule has 9 heteroatoms. The number of imidazole rings is 1. The van der Waals surface area contributed by atoms with Gasteiger partial charge in [0.15, 0.2) is 5.03 Å². The van der Waals surface area contributed by atoms with Gasteiger partial charge in [-0.15, -0.1) is 0 Å². The van der Waals surface area contributed by atoms with Crippen molar-refractivity contribution in [2.24, 2.45) is 18.9 Å². The van der Waals surface area contributed by atoms with Crippen molar-refractivity contribution in [3.63, 3.8) is 0 Å². The van der Waals surface area contributed by atoms with Gasteiger partial charge in [-0.3, -0.25) is 0 Å². The van der Waals surface area contributed by atoms with E-state index in [1.54, 1.807) is 28.4 Å². The standard InChI is InChI=1S/C18H24N6O2S/c1-22-10-18(21-12-22)27(25,26)24-8-14-6-23(7-15(14)9-24)17-5-16(19-11-20-17)13-3-2-4-13/h5,10-15H,2-4,6-9H2,1H3. The summed E-state index contributed by atoms with van der Waals surface area (Å²) in [5, 5.41) is 0.141. The number of anilines is 1. The molecule has 5 rings (SSSR count). The number of sulfonamides is 1. The van der Waals surface area contributed by atoms with E-state index >= 15 is 0 Å². The predicted molar refractivity (Wildman–Crippen MR) is 99.8 cm³/mol. The number of hydrogen-bond donors (Lipinski definition) is 0. The lowest BCUT2D eigenvalue weighted by Gasteiger charge is -2.26. The Morgan fingerprint density at radius 1 is 1.04 bits per heavy atom. The Kier molecular flexibility index (Phi) is 3.98. The molecule has 2 aliphatic heterocycles. The predicted octanol–water partition coefficient (Wildman–Crippen LogP) is 1.23. The monoisotopic (exact) mass is 388 g/mol. The van der Waals surface area contributed by atoms with E-state index in [4.69, 9.17) is 0 Å². The second kappa shape index (κ2) is 6.27. The van der Waals surface area contributed by atoms with Crippen molar-refractivity contribution in [1.82, 2.24) is 23.8 Å². The van der Waals surface area contributed by atoms with E-state index in [1.807, 2.05) is 0 Å². The first kappa shape index (κ1) is 17.1. The van der Waals surface area contributed by atoms with Gasteiger partial charge in [0, 0.05) is 57.1 Å². The van der Waals surface area contributed by atoms with Crippen LogP contribution in [0.15, 0.2) is 29.9 Å². The smallest absolute Gasteiger partial charge is 0.262 e. The van der Waals surface area contributed by atoms with Crippen LogP contribution in [0.2, 0.25) is 0 Å². The fourth-order valence-electron chi connectivity index (χ4n) is 4.45. The summed E-state index contributed by atoms with van der Waals surface area (Å²) in [5.41, 5.74) is 1.16. The van der Waals surface area contributed by atoms with Crippen molar-refractivity contribution in [2.75, 3.05) is 31.1 Å². The Morgan fingerprint density at radius 3 is 2.37 bits per heavy atom. The summed E-state index contributed by atoms with van der Waals surface area (Å²) >= 11 is 0. The van der Waals surface area contributed by atoms with E-state index in [1.165, 1.54) is 25.6 Å². The van der Waals surface area contributed by atoms with E-state index in [2.05, 4.69) is 25.9 Å². The van der Waals surface area contributed by atoms with Crippen LogP contribution in [0.25, 0.3) is 0 Å². The first-order chi connectivity index (χ1) is 13.0. The second-order valence-corrected chi connectivity index (χ2v) is 9.94. The summed E-state index contributed by atoms with van der Waals surface area (Å²) in [4.78, 5) is 15.3. The number of fused-ring (bicyclic) bond motifs is 1. The molecule has 2 aromatic rings. The lowest BCUT2D eigenvalue weighted by molar-refractivity contribution is 0.410. The molecule has 2 aromatic heterocycles. The molecule has 0 N–H and O–H groups in total. The zero-order valence-corrected chi connectivity index (χ0v) is 16.2. The molecule has 144 valence electrons. The minimum atomic E-state index is -3.50. The Hall–Kier alpha value is -2.00. The summed E-state index contributed by atoms with van der Waals surface area (Å²) in [6.07, 6.45) is 8.51. The number of hydrogen-bond acceptors (Lipinski definition) is 6. The quantitative estimate of drug-likeness (QED) is 0.783. The number of rotatable bonds is 4. The summed E-state index contributed by atoms with van der Waals surface area (Å²) in [6.45, 7) is 2.81. The molecule has 3 aliphatic rings. The lowest BCUT2D eigenvalue weighted by atomic mass is 9.83. The molecule has 2 unspecified atom stereocenters. The summed E-state index contributed by atoms with van der Waals surface area (Å²) < 4.78 is 28.9. The third-order valence-corrected chi connectivity index (χ3v) is 7.98. The molecular formula is C18H24N6O2S. The van der Waals surface area contributed by atoms with E-state index in [0.717, 1.165) is 24.6 Å². The van der Waals surface area contributed by atoms with Gasteiger partial charge >= 0.3 is 0 Å². The average molecular weight is 388 g/mol. The molecule has 4 heterocycles. The highest BCUT2D eigenvalue weighted by molar-refractivity contribution is 7.89. The van der Waals surface area contributed by atoms with E-state index in [9.17, 15) is 8.42 Å². The van der Waals surface area contributed by atoms with E-state index < -0.39 is 10.0 Å². The van der Waals surface area contributed by atoms with Crippen molar-refractivity contribution in [1.29, 1.82) is 0 Å². The Morgan fingerprint density at radius 2 is 1.78 bits per heavy atom. The summed E-state index contributed by atoms with van der Waals surface area (Å²) in [6, 6.07) is 2.13. The van der Waals surface area contributed by atoms with Crippen LogP contribution in [-0.4, -0.2) is 58.4 Å². The molecule has 0 amide bonds. The molecule has 2 saturated heterocycles. The van der Waals surface area contributed by atoms with Gasteiger partial charge in [0.1, 0.15) is 12.1 Å². The molecule has 0 spiro atoms. The summed E-state index contributed by atoms with van der Waals surface area (Å²) in [5.74, 6) is 2.25. The highest BCUT2D eigenvalue weighted by atomic mass is 32.2. The van der Waals surface area contributed by atoms with Gasteiger partial charge in [-0.1, -0.05) is 6.42 Å². The largest absolute Gasteiger partial charge is 0.356 e. The number of aryl methyl sites for hydroxylation is 1. The van der Waals surface area contributed by atoms with Gasteiger partial charge in [-0.2, -0.15) is 4.31 Å². The summed E-state index contributed by atoms with van der Waals surface area (Å²) in [7, 11) is -1.72. The van der Waals surface area contributed by atoms with Crippen LogP contribution in [-0.2, 0) is 17.1 Å². The molecule has 3 fully saturated rings. The Labute approximate surface area is 159 Å². The van der Waals surface area contributed by atoms with E-state index in [-0.39, 0.29) is 5.03 Å². The highest BCUT2D eigenvalue weighted by Crippen LogP contribution is 2.38. The normalized spacial score (nSPS) is 26.3. The molecule has 27 heavy (non-hydrogen) atoms. The molecule has 8 nitrogen and oxygen atoms in total. The van der Waals surface area contributed by atoms with Crippen molar-refractivity contribution >= 4 is 15.8 Å². The molecule has 1 aliphatic carbocycles. The van der Waals surface area contributed by atoms with Gasteiger partial charge in [0.2, 0.25) is 0 Å². The maximum Gasteiger partial charge on any atom is 0.262 e. The third kappa shape index (κ3) is 2.93. The van der Waals surface area contributed by atoms with Crippen LogP contribution in [0.3, 0.4) is 0 Å². The molecule has 2 atom stereocenters. The first-order valence-electron chi connectivity index (χ1n) is 9.56. The molecule has 0 aromatic carbocycles. The molecule has 0 radical (unpaired) electrons. The van der Waals surface area contributed by atoms with Gasteiger partial charge in [0.05, 0.1) is 6.33 Å². The first-order valence-corrected chi connectivity index (χ1v) is 11.0. The van der Waals surface area contributed by atoms with Crippen LogP contribution in [0.5, 0.6) is 0 Å². The fraction of sp³-hybridized carbons (Fsp3) is 0.611. The van der Waals surface area contributed by atoms with Crippen LogP contribution in [0.1, 0.15) is 30.9 Å². The minimum absolute atomic E-state index is 0.141. The SMILES string of the molecule is Cn1cnc(S(=O)(=O)N2CC3CN(c4cc(C5CCC5)ncn4)CC3C2)c1. The van der Waals surface area contributed by atoms with Crippen LogP contribution >= 0.6 is 0 Å². The van der Waals surface area contributed by atoms with Gasteiger partial charge < -0.3 is 9.47 Å². The van der Waals surface area contributed by atoms with Gasteiger partial charge in [-0.05, 0) is 24.7 Å². The van der Waals surface area contributed by atoms with Crippen molar-refractivity contribution in [3.8, 4) is 0 Å². The Bertz CT molecular complexity index is 940. The zero-order chi connectivity index (χ0) is 18.6. The maximum atomic E-state index is 12.8. The van der Waals surface area contributed by atoms with Crippen molar-refractivity contribution in [3.05, 3.63) is 30.6 Å².